The number of aliphatic hydroxyl groups is 1. The number of hydrogen-bond donors (Lipinski definition) is 6. The first-order valence-electron chi connectivity index (χ1n) is 30.7. The van der Waals surface area contributed by atoms with Gasteiger partial charge in [0.25, 0.3) is 5.91 Å². The largest absolute Gasteiger partial charge is 0.480 e. The Labute approximate surface area is 492 Å². The molecular weight excluding hydrogens is 1080 g/mol. The Hall–Kier alpha value is -7.57. The molecule has 0 saturated carbocycles. The predicted octanol–water partition coefficient (Wildman–Crippen LogP) is 3.78. The third-order valence-corrected chi connectivity index (χ3v) is 18.5. The number of fused-ring (bicyclic) bond motifs is 5. The first-order chi connectivity index (χ1) is 41.5. The summed E-state index contributed by atoms with van der Waals surface area (Å²) in [6, 6.07) is 11.4. The number of hydrogen-bond acceptors (Lipinski definition) is 17. The van der Waals surface area contributed by atoms with Gasteiger partial charge >= 0.3 is 12.1 Å². The van der Waals surface area contributed by atoms with Gasteiger partial charge < -0.3 is 61.5 Å². The minimum absolute atomic E-state index is 0.00753. The Kier molecular flexibility index (Phi) is 16.3. The van der Waals surface area contributed by atoms with Crippen molar-refractivity contribution in [2.75, 3.05) is 56.4 Å². The van der Waals surface area contributed by atoms with Crippen LogP contribution in [-0.4, -0.2) is 150 Å². The van der Waals surface area contributed by atoms with Crippen LogP contribution in [0.5, 0.6) is 11.5 Å². The van der Waals surface area contributed by atoms with Gasteiger partial charge in [0.2, 0.25) is 5.36 Å². The van der Waals surface area contributed by atoms with Crippen LogP contribution >= 0.6 is 0 Å². The van der Waals surface area contributed by atoms with Crippen molar-refractivity contribution in [2.45, 2.75) is 165 Å². The van der Waals surface area contributed by atoms with Gasteiger partial charge in [-0.05, 0) is 100.0 Å². The molecule has 7 aliphatic rings. The van der Waals surface area contributed by atoms with E-state index in [-0.39, 0.29) is 37.3 Å². The number of carboxylic acids is 1. The molecule has 7 aliphatic heterocycles. The van der Waals surface area contributed by atoms with Crippen LogP contribution in [0, 0.1) is 0 Å². The number of aliphatic carboxylic acids is 1. The molecule has 23 nitrogen and oxygen atoms in total. The summed E-state index contributed by atoms with van der Waals surface area (Å²) in [7, 11) is 0. The molecule has 448 valence electrons. The van der Waals surface area contributed by atoms with Crippen molar-refractivity contribution in [2.24, 2.45) is 11.5 Å². The Balaban J connectivity index is 0.598. The summed E-state index contributed by atoms with van der Waals surface area (Å²) in [5.74, 6) is 1.03. The van der Waals surface area contributed by atoms with Gasteiger partial charge in [0.15, 0.2) is 17.7 Å². The number of carbonyl (C=O) groups is 3. The second kappa shape index (κ2) is 24.4. The summed E-state index contributed by atoms with van der Waals surface area (Å²) in [5.41, 5.74) is 30.3. The predicted molar refractivity (Wildman–Crippen MR) is 314 cm³/mol. The number of amides is 2. The fourth-order valence-corrected chi connectivity index (χ4v) is 14.2. The summed E-state index contributed by atoms with van der Waals surface area (Å²) >= 11 is 0. The fraction of sp³-hybridized carbons (Fsp3) is 0.532. The van der Waals surface area contributed by atoms with E-state index in [0.29, 0.717) is 67.9 Å². The van der Waals surface area contributed by atoms with Gasteiger partial charge in [-0.1, -0.05) is 36.3 Å². The number of anilines is 2. The number of ether oxygens (including phenoxy) is 4. The summed E-state index contributed by atoms with van der Waals surface area (Å²) in [6.45, 7) is 6.38. The van der Waals surface area contributed by atoms with Crippen LogP contribution in [0.1, 0.15) is 139 Å². The first-order valence-corrected chi connectivity index (χ1v) is 30.7. The molecule has 2 amide bonds. The van der Waals surface area contributed by atoms with Crippen molar-refractivity contribution in [1.29, 1.82) is 0 Å². The Morgan fingerprint density at radius 2 is 1.66 bits per heavy atom. The van der Waals surface area contributed by atoms with E-state index >= 15 is 0 Å². The molecule has 0 unspecified atom stereocenters. The summed E-state index contributed by atoms with van der Waals surface area (Å²) in [4.78, 5) is 56.6. The maximum Gasteiger partial charge on any atom is 0.407 e. The number of benzene rings is 3. The molecule has 0 aliphatic carbocycles. The Morgan fingerprint density at radius 3 is 2.51 bits per heavy atom. The summed E-state index contributed by atoms with van der Waals surface area (Å²) < 4.78 is 32.0. The van der Waals surface area contributed by atoms with Crippen LogP contribution < -0.4 is 47.3 Å². The number of nitrogens with one attached hydrogen (secondary N) is 1. The number of rotatable bonds is 20. The number of alkyl carbamates (subject to hydrolysis) is 1. The highest BCUT2D eigenvalue weighted by molar-refractivity contribution is 6.02. The molecule has 2 fully saturated rings. The molecule has 3 aromatic heterocycles. The van der Waals surface area contributed by atoms with Gasteiger partial charge in [-0.15, -0.1) is 5.10 Å². The molecule has 6 atom stereocenters. The van der Waals surface area contributed by atoms with E-state index in [9.17, 15) is 24.6 Å². The van der Waals surface area contributed by atoms with Crippen molar-refractivity contribution in [3.63, 3.8) is 0 Å². The summed E-state index contributed by atoms with van der Waals surface area (Å²) in [5, 5.41) is 34.7. The molecular formula is C62H77N14O9+. The molecule has 0 radical (unpaired) electrons. The lowest BCUT2D eigenvalue weighted by molar-refractivity contribution is -0.138. The number of piperidine rings is 1. The SMILES string of the molecule is Nc1ncnc2c1ncn2[C@@H]1O[C@H](C[C@@H](N)CC[C@H](N)C(=O)O)[C@@H](O)[C@H]1OCc1cnnn1CCCCCCNC(=O)OC1CCN(C(=O)c2ccccc2C2=c3cc4c5c(c3Oc3c2cc2c6c3CCCN6CCC2)CCC[N+]=5CCC4)CC1. The normalized spacial score (nSPS) is 21.4. The lowest BCUT2D eigenvalue weighted by Crippen LogP contribution is -2.45. The average Bonchev–Trinajstić information content (AvgIpc) is 2.14. The van der Waals surface area contributed by atoms with Crippen LogP contribution in [0.2, 0.25) is 0 Å². The smallest absolute Gasteiger partial charge is 0.407 e. The van der Waals surface area contributed by atoms with E-state index in [1.54, 1.807) is 15.4 Å². The van der Waals surface area contributed by atoms with E-state index in [2.05, 4.69) is 64.3 Å². The Bertz CT molecular complexity index is 3650. The molecule has 13 rings (SSSR count). The number of unbranched alkanes of at least 4 members (excludes halogenated alkanes) is 3. The van der Waals surface area contributed by atoms with Crippen molar-refractivity contribution >= 4 is 46.2 Å². The van der Waals surface area contributed by atoms with Crippen LogP contribution in [0.15, 0.2) is 55.2 Å². The molecule has 85 heavy (non-hydrogen) atoms. The van der Waals surface area contributed by atoms with Crippen LogP contribution in [0.25, 0.3) is 16.7 Å². The number of imidazole rings is 1. The third kappa shape index (κ3) is 11.2. The second-order valence-electron chi connectivity index (χ2n) is 24.0. The van der Waals surface area contributed by atoms with Crippen molar-refractivity contribution < 1.29 is 43.5 Å². The highest BCUT2D eigenvalue weighted by Crippen LogP contribution is 2.49. The maximum atomic E-state index is 14.9. The van der Waals surface area contributed by atoms with E-state index in [1.807, 2.05) is 17.0 Å². The van der Waals surface area contributed by atoms with Crippen LogP contribution in [0.4, 0.5) is 16.3 Å². The number of aryl methyl sites for hydroxylation is 3. The molecule has 6 aromatic rings. The lowest BCUT2D eigenvalue weighted by atomic mass is 9.81. The quantitative estimate of drug-likeness (QED) is 0.0467. The van der Waals surface area contributed by atoms with Gasteiger partial charge in [0.05, 0.1) is 36.5 Å². The van der Waals surface area contributed by atoms with E-state index < -0.39 is 48.7 Å². The van der Waals surface area contributed by atoms with Crippen LogP contribution in [0.3, 0.4) is 0 Å². The standard InChI is InChI=1S/C62H76N14O9/c63-38(17-18-47(64)61(79)80)31-48-53(77)56(60(84-48)75-35-69-50-57(65)67-34-68-58(50)75)82-33-39-32-70-71-76(39)26-6-2-1-5-21-66-62(81)83-40-19-27-74(28-20-40)59(78)42-14-4-3-13-41(42)49-45-29-36-11-7-22-72-24-9-15-43(51(36)72)54(45)85-55-44-16-10-25-73-23-8-12-37(52(44)73)30-46(49)55/h3-4,13-14,29-30,32,34-35,38,40,47-48,53,56,60,77H,1-2,5-12,15-28,31,33,63-64H2,(H3-,65,66,67,68,79,80,81)/p+1/t38-,47-,48+,53+,56+,60+/m0/s1. The number of nitrogens with two attached hydrogens (primary N) is 3. The molecule has 23 heteroatoms. The number of carboxylic acid groups (broad SMARTS) is 1. The number of nitrogen functional groups attached to an aromatic ring is 1. The minimum atomic E-state index is -1.12. The number of likely N-dealkylation sites (tertiary alicyclic amines) is 1. The van der Waals surface area contributed by atoms with Gasteiger partial charge in [-0.3, -0.25) is 14.2 Å². The van der Waals surface area contributed by atoms with Crippen molar-refractivity contribution in [3.8, 4) is 11.5 Å². The van der Waals surface area contributed by atoms with E-state index in [1.165, 1.54) is 46.0 Å². The molecule has 10 heterocycles. The second-order valence-corrected chi connectivity index (χ2v) is 24.0. The highest BCUT2D eigenvalue weighted by atomic mass is 16.6. The van der Waals surface area contributed by atoms with E-state index in [0.717, 1.165) is 137 Å². The molecule has 2 saturated heterocycles. The topological polar surface area (TPSA) is 302 Å². The van der Waals surface area contributed by atoms with Crippen molar-refractivity contribution in [1.82, 2.24) is 49.3 Å². The van der Waals surface area contributed by atoms with Gasteiger partial charge in [-0.2, -0.15) is 0 Å². The molecule has 9 N–H and O–H groups in total. The first kappa shape index (κ1) is 56.6. The van der Waals surface area contributed by atoms with E-state index in [4.69, 9.17) is 36.1 Å². The zero-order valence-electron chi connectivity index (χ0n) is 48.1. The number of nitrogens with zero attached hydrogens (tertiary/aromatic N) is 10. The zero-order chi connectivity index (χ0) is 58.3. The van der Waals surface area contributed by atoms with Gasteiger partial charge in [-0.25, -0.2) is 29.0 Å². The van der Waals surface area contributed by atoms with Gasteiger partial charge in [0.1, 0.15) is 60.8 Å². The third-order valence-electron chi connectivity index (χ3n) is 18.5. The monoisotopic (exact) mass is 1160 g/mol. The van der Waals surface area contributed by atoms with Crippen LogP contribution in [-0.2, 0) is 57.8 Å². The fourth-order valence-electron chi connectivity index (χ4n) is 14.2. The highest BCUT2D eigenvalue weighted by Gasteiger charge is 2.47. The zero-order valence-corrected chi connectivity index (χ0v) is 48.1. The van der Waals surface area contributed by atoms with Gasteiger partial charge in [0, 0.05) is 110 Å². The Morgan fingerprint density at radius 1 is 0.871 bits per heavy atom. The molecule has 0 bridgehead atoms. The number of carbonyl (C=O) groups excluding carboxylic acids is 2. The lowest BCUT2D eigenvalue weighted by Gasteiger charge is -2.39. The maximum absolute atomic E-state index is 14.9. The number of aliphatic hydroxyl groups excluding tert-OH is 1. The average molecular weight is 1160 g/mol. The summed E-state index contributed by atoms with van der Waals surface area (Å²) in [6.07, 6.45) is 13.7. The molecule has 3 aromatic carbocycles. The number of aromatic nitrogens is 7. The van der Waals surface area contributed by atoms with Crippen molar-refractivity contribution in [3.05, 3.63) is 110 Å². The minimum Gasteiger partial charge on any atom is -0.480 e. The molecule has 0 spiro atoms.